The van der Waals surface area contributed by atoms with E-state index < -0.39 is 0 Å². The average molecular weight is 674 g/mol. The Balaban J connectivity index is 1.28. The third-order valence-electron chi connectivity index (χ3n) is 10.8. The van der Waals surface area contributed by atoms with E-state index in [2.05, 4.69) is 193 Å². The molecule has 0 N–H and O–H groups in total. The first-order chi connectivity index (χ1) is 26.3. The minimum Gasteiger partial charge on any atom is -0.278 e. The molecule has 0 unspecified atom stereocenters. The molecule has 0 saturated carbocycles. The molecule has 0 spiro atoms. The van der Waals surface area contributed by atoms with Crippen LogP contribution in [-0.4, -0.2) is 14.5 Å². The van der Waals surface area contributed by atoms with Crippen molar-refractivity contribution in [1.29, 1.82) is 0 Å². The molecule has 246 valence electrons. The molecular formula is C50H31N3. The summed E-state index contributed by atoms with van der Waals surface area (Å²) in [6.07, 6.45) is 0. The summed E-state index contributed by atoms with van der Waals surface area (Å²) in [5, 5.41) is 10.6. The minimum atomic E-state index is 0.652. The molecule has 11 aromatic rings. The Morgan fingerprint density at radius 3 is 1.79 bits per heavy atom. The summed E-state index contributed by atoms with van der Waals surface area (Å²) in [7, 11) is 0. The van der Waals surface area contributed by atoms with Gasteiger partial charge in [0.05, 0.1) is 22.2 Å². The van der Waals surface area contributed by atoms with Crippen LogP contribution in [0, 0.1) is 0 Å². The van der Waals surface area contributed by atoms with E-state index in [0.717, 1.165) is 60.8 Å². The third kappa shape index (κ3) is 4.75. The average Bonchev–Trinajstić information content (AvgIpc) is 3.55. The van der Waals surface area contributed by atoms with Crippen molar-refractivity contribution >= 4 is 65.0 Å². The lowest BCUT2D eigenvalue weighted by atomic mass is 9.90. The number of hydrogen-bond acceptors (Lipinski definition) is 2. The highest BCUT2D eigenvalue weighted by atomic mass is 15.2. The van der Waals surface area contributed by atoms with Crippen LogP contribution >= 0.6 is 0 Å². The summed E-state index contributed by atoms with van der Waals surface area (Å²) in [4.78, 5) is 11.1. The molecule has 9 aromatic carbocycles. The van der Waals surface area contributed by atoms with Gasteiger partial charge in [0.1, 0.15) is 0 Å². The van der Waals surface area contributed by atoms with Gasteiger partial charge in [-0.1, -0.05) is 152 Å². The van der Waals surface area contributed by atoms with Crippen LogP contribution in [0.2, 0.25) is 0 Å². The monoisotopic (exact) mass is 673 g/mol. The molecule has 53 heavy (non-hydrogen) atoms. The van der Waals surface area contributed by atoms with Gasteiger partial charge in [0, 0.05) is 21.7 Å². The first kappa shape index (κ1) is 29.6. The molecule has 0 saturated heterocycles. The predicted molar refractivity (Wildman–Crippen MR) is 223 cm³/mol. The van der Waals surface area contributed by atoms with Gasteiger partial charge in [-0.05, 0) is 91.0 Å². The first-order valence-electron chi connectivity index (χ1n) is 18.1. The topological polar surface area (TPSA) is 30.7 Å². The molecule has 0 atom stereocenters. The molecule has 2 aromatic heterocycles. The molecule has 0 radical (unpaired) electrons. The van der Waals surface area contributed by atoms with Gasteiger partial charge in [0.2, 0.25) is 5.95 Å². The fraction of sp³-hybridized carbons (Fsp3) is 0. The molecule has 0 bridgehead atoms. The lowest BCUT2D eigenvalue weighted by Crippen LogP contribution is -2.04. The number of benzene rings is 9. The van der Waals surface area contributed by atoms with E-state index >= 15 is 0 Å². The highest BCUT2D eigenvalue weighted by Gasteiger charge is 2.21. The molecule has 0 aliphatic rings. The molecular weight excluding hydrogens is 643 g/mol. The SMILES string of the molecule is c1ccc(-c2cc3nc(-n4c5ccccc5c5cc6ccccc6cc54)nc(-c4cccc5ccccc45)c3cc2-c2ccc3ccccc3c2)cc1. The smallest absolute Gasteiger partial charge is 0.235 e. The molecule has 11 rings (SSSR count). The van der Waals surface area contributed by atoms with Crippen LogP contribution in [-0.2, 0) is 0 Å². The number of aromatic nitrogens is 3. The Morgan fingerprint density at radius 2 is 0.962 bits per heavy atom. The van der Waals surface area contributed by atoms with Gasteiger partial charge < -0.3 is 0 Å². The summed E-state index contributed by atoms with van der Waals surface area (Å²) in [5.74, 6) is 0.652. The summed E-state index contributed by atoms with van der Waals surface area (Å²) < 4.78 is 2.25. The number of fused-ring (bicyclic) bond motifs is 7. The first-order valence-corrected chi connectivity index (χ1v) is 18.1. The Kier molecular flexibility index (Phi) is 6.55. The second kappa shape index (κ2) is 11.7. The Hall–Kier alpha value is -7.10. The zero-order chi connectivity index (χ0) is 34.9. The van der Waals surface area contributed by atoms with E-state index in [1.165, 1.54) is 37.7 Å². The van der Waals surface area contributed by atoms with Gasteiger partial charge in [-0.2, -0.15) is 0 Å². The lowest BCUT2D eigenvalue weighted by Gasteiger charge is -2.17. The standard InChI is InChI=1S/C50H31N3/c1-2-14-34(15-3-1)43-31-46-45(30-42(43)38-26-25-32-13-4-5-17-35(32)27-38)49(41-23-12-20-33-16-8-9-21-39(33)41)52-50(51-46)53-47-24-11-10-22-40(47)44-28-36-18-6-7-19-37(36)29-48(44)53/h1-31H. The maximum Gasteiger partial charge on any atom is 0.235 e. The Labute approximate surface area is 306 Å². The minimum absolute atomic E-state index is 0.652. The van der Waals surface area contributed by atoms with E-state index in [9.17, 15) is 0 Å². The largest absolute Gasteiger partial charge is 0.278 e. The maximum atomic E-state index is 5.58. The summed E-state index contributed by atoms with van der Waals surface area (Å²) >= 11 is 0. The molecule has 0 amide bonds. The molecule has 0 aliphatic heterocycles. The van der Waals surface area contributed by atoms with E-state index in [0.29, 0.717) is 5.95 Å². The van der Waals surface area contributed by atoms with Crippen molar-refractivity contribution in [2.75, 3.05) is 0 Å². The second-order valence-electron chi connectivity index (χ2n) is 13.8. The number of para-hydroxylation sites is 1. The van der Waals surface area contributed by atoms with E-state index in [-0.39, 0.29) is 0 Å². The van der Waals surface area contributed by atoms with Crippen LogP contribution in [0.3, 0.4) is 0 Å². The van der Waals surface area contributed by atoms with Crippen LogP contribution in [0.1, 0.15) is 0 Å². The van der Waals surface area contributed by atoms with Gasteiger partial charge in [-0.25, -0.2) is 9.97 Å². The predicted octanol–water partition coefficient (Wildman–Crippen LogP) is 13.2. The zero-order valence-electron chi connectivity index (χ0n) is 28.7. The molecule has 2 heterocycles. The number of rotatable bonds is 4. The van der Waals surface area contributed by atoms with Crippen molar-refractivity contribution in [1.82, 2.24) is 14.5 Å². The number of hydrogen-bond donors (Lipinski definition) is 0. The van der Waals surface area contributed by atoms with E-state index in [1.54, 1.807) is 0 Å². The van der Waals surface area contributed by atoms with Crippen molar-refractivity contribution in [3.63, 3.8) is 0 Å². The van der Waals surface area contributed by atoms with E-state index in [1.807, 2.05) is 0 Å². The van der Waals surface area contributed by atoms with Crippen LogP contribution in [0.25, 0.3) is 104 Å². The number of nitrogens with zero attached hydrogens (tertiary/aromatic N) is 3. The zero-order valence-corrected chi connectivity index (χ0v) is 28.7. The molecule has 0 aliphatic carbocycles. The van der Waals surface area contributed by atoms with Crippen LogP contribution in [0.15, 0.2) is 188 Å². The normalized spacial score (nSPS) is 11.8. The summed E-state index contributed by atoms with van der Waals surface area (Å²) in [5.41, 5.74) is 9.65. The molecule has 3 heteroatoms. The van der Waals surface area contributed by atoms with Crippen molar-refractivity contribution < 1.29 is 0 Å². The summed E-state index contributed by atoms with van der Waals surface area (Å²) in [6.45, 7) is 0. The van der Waals surface area contributed by atoms with Gasteiger partial charge in [0.25, 0.3) is 0 Å². The fourth-order valence-corrected chi connectivity index (χ4v) is 8.22. The molecule has 0 fully saturated rings. The van der Waals surface area contributed by atoms with Gasteiger partial charge >= 0.3 is 0 Å². The quantitative estimate of drug-likeness (QED) is 0.186. The Morgan fingerprint density at radius 1 is 0.321 bits per heavy atom. The maximum absolute atomic E-state index is 5.58. The van der Waals surface area contributed by atoms with E-state index in [4.69, 9.17) is 9.97 Å². The van der Waals surface area contributed by atoms with Gasteiger partial charge in [-0.15, -0.1) is 0 Å². The summed E-state index contributed by atoms with van der Waals surface area (Å²) in [6, 6.07) is 67.5. The highest BCUT2D eigenvalue weighted by molar-refractivity contribution is 6.14. The molecule has 3 nitrogen and oxygen atoms in total. The highest BCUT2D eigenvalue weighted by Crippen LogP contribution is 2.42. The van der Waals surface area contributed by atoms with Crippen molar-refractivity contribution in [2.45, 2.75) is 0 Å². The fourth-order valence-electron chi connectivity index (χ4n) is 8.22. The van der Waals surface area contributed by atoms with Crippen molar-refractivity contribution in [3.8, 4) is 39.5 Å². The second-order valence-corrected chi connectivity index (χ2v) is 13.8. The van der Waals surface area contributed by atoms with Crippen LogP contribution in [0.5, 0.6) is 0 Å². The van der Waals surface area contributed by atoms with Crippen molar-refractivity contribution in [3.05, 3.63) is 188 Å². The third-order valence-corrected chi connectivity index (χ3v) is 10.8. The van der Waals surface area contributed by atoms with Gasteiger partial charge in [0.15, 0.2) is 0 Å². The van der Waals surface area contributed by atoms with Gasteiger partial charge in [-0.3, -0.25) is 4.57 Å². The van der Waals surface area contributed by atoms with Crippen LogP contribution in [0.4, 0.5) is 0 Å². The van der Waals surface area contributed by atoms with Crippen LogP contribution < -0.4 is 0 Å². The Bertz CT molecular complexity index is 3220. The van der Waals surface area contributed by atoms with Crippen molar-refractivity contribution in [2.24, 2.45) is 0 Å². The lowest BCUT2D eigenvalue weighted by molar-refractivity contribution is 1.01.